The van der Waals surface area contributed by atoms with Crippen molar-refractivity contribution in [2.75, 3.05) is 13.1 Å². The van der Waals surface area contributed by atoms with E-state index < -0.39 is 0 Å². The lowest BCUT2D eigenvalue weighted by Gasteiger charge is -2.31. The summed E-state index contributed by atoms with van der Waals surface area (Å²) in [6.45, 7) is 4.15. The summed E-state index contributed by atoms with van der Waals surface area (Å²) in [5.41, 5.74) is 1.50. The average Bonchev–Trinajstić information content (AvgIpc) is 2.42. The number of para-hydroxylation sites is 1. The summed E-state index contributed by atoms with van der Waals surface area (Å²) in [6.07, 6.45) is 0. The summed E-state index contributed by atoms with van der Waals surface area (Å²) >= 11 is 0. The van der Waals surface area contributed by atoms with E-state index in [1.165, 1.54) is 0 Å². The van der Waals surface area contributed by atoms with Crippen LogP contribution < -0.4 is 16.2 Å². The number of carbonyl (C=O) groups is 1. The molecule has 0 saturated carbocycles. The number of benzene rings is 1. The first kappa shape index (κ1) is 16.5. The van der Waals surface area contributed by atoms with Crippen molar-refractivity contribution >= 4 is 29.2 Å². The molecule has 0 spiro atoms. The van der Waals surface area contributed by atoms with Crippen LogP contribution in [0.1, 0.15) is 12.5 Å². The third kappa shape index (κ3) is 3.31. The summed E-state index contributed by atoms with van der Waals surface area (Å²) < 4.78 is 0. The van der Waals surface area contributed by atoms with Gasteiger partial charge < -0.3 is 15.6 Å². The molecule has 22 heavy (non-hydrogen) atoms. The van der Waals surface area contributed by atoms with E-state index in [4.69, 9.17) is 0 Å². The zero-order valence-corrected chi connectivity index (χ0v) is 13.2. The second kappa shape index (κ2) is 6.94. The van der Waals surface area contributed by atoms with Gasteiger partial charge in [0.25, 0.3) is 0 Å². The largest absolute Gasteiger partial charge is 0.352 e. The van der Waals surface area contributed by atoms with Gasteiger partial charge in [0, 0.05) is 29.4 Å². The van der Waals surface area contributed by atoms with Crippen molar-refractivity contribution < 1.29 is 4.79 Å². The highest BCUT2D eigenvalue weighted by molar-refractivity contribution is 5.85. The Kier molecular flexibility index (Phi) is 5.21. The second-order valence-electron chi connectivity index (χ2n) is 5.63. The minimum absolute atomic E-state index is 0. The summed E-state index contributed by atoms with van der Waals surface area (Å²) in [7, 11) is 0. The highest BCUT2D eigenvalue weighted by atomic mass is 35.5. The lowest BCUT2D eigenvalue weighted by atomic mass is 9.88. The number of hydrogen-bond acceptors (Lipinski definition) is 3. The molecule has 0 radical (unpaired) electrons. The van der Waals surface area contributed by atoms with Gasteiger partial charge in [0.1, 0.15) is 0 Å². The van der Waals surface area contributed by atoms with Crippen LogP contribution in [0.25, 0.3) is 10.9 Å². The van der Waals surface area contributed by atoms with E-state index >= 15 is 0 Å². The molecular formula is C16H20ClN3O2. The van der Waals surface area contributed by atoms with Crippen molar-refractivity contribution in [3.8, 4) is 0 Å². The molecule has 118 valence electrons. The molecule has 1 fully saturated rings. The van der Waals surface area contributed by atoms with Gasteiger partial charge in [-0.15, -0.1) is 12.4 Å². The molecule has 3 rings (SSSR count). The molecule has 5 nitrogen and oxygen atoms in total. The Bertz CT molecular complexity index is 725. The Balaban J connectivity index is 0.00000176. The molecule has 2 aromatic rings. The van der Waals surface area contributed by atoms with E-state index in [0.29, 0.717) is 12.5 Å². The summed E-state index contributed by atoms with van der Waals surface area (Å²) in [5, 5.41) is 7.09. The fraction of sp³-hybridized carbons (Fsp3) is 0.375. The molecule has 6 heteroatoms. The molecule has 2 heterocycles. The Labute approximate surface area is 134 Å². The van der Waals surface area contributed by atoms with Crippen molar-refractivity contribution in [1.82, 2.24) is 15.6 Å². The number of hydrogen-bond donors (Lipinski definition) is 3. The van der Waals surface area contributed by atoms with Crippen LogP contribution in [0.3, 0.4) is 0 Å². The number of fused-ring (bicyclic) bond motifs is 1. The summed E-state index contributed by atoms with van der Waals surface area (Å²) in [6, 6.07) is 9.18. The number of carbonyl (C=O) groups excluding carboxylic acids is 1. The third-order valence-electron chi connectivity index (χ3n) is 4.22. The molecule has 1 amide bonds. The monoisotopic (exact) mass is 321 g/mol. The SMILES string of the molecule is CC(C(=O)NCc1cc(=O)[nH]c2ccccc12)C1CNC1.Cl. The summed E-state index contributed by atoms with van der Waals surface area (Å²) in [4.78, 5) is 26.6. The topological polar surface area (TPSA) is 74.0 Å². The third-order valence-corrected chi connectivity index (χ3v) is 4.22. The molecule has 1 aromatic heterocycles. The zero-order valence-electron chi connectivity index (χ0n) is 12.4. The molecule has 0 aliphatic carbocycles. The Morgan fingerprint density at radius 3 is 2.77 bits per heavy atom. The summed E-state index contributed by atoms with van der Waals surface area (Å²) in [5.74, 6) is 0.464. The van der Waals surface area contributed by atoms with Crippen molar-refractivity contribution in [2.24, 2.45) is 11.8 Å². The number of nitrogens with one attached hydrogen (secondary N) is 3. The minimum atomic E-state index is -0.144. The van der Waals surface area contributed by atoms with Gasteiger partial charge in [-0.05, 0) is 30.6 Å². The average molecular weight is 322 g/mol. The minimum Gasteiger partial charge on any atom is -0.352 e. The number of halogens is 1. The Morgan fingerprint density at radius 2 is 2.09 bits per heavy atom. The van der Waals surface area contributed by atoms with E-state index in [2.05, 4.69) is 15.6 Å². The lowest BCUT2D eigenvalue weighted by Crippen LogP contribution is -2.49. The van der Waals surface area contributed by atoms with Gasteiger partial charge in [-0.1, -0.05) is 25.1 Å². The van der Waals surface area contributed by atoms with Gasteiger partial charge >= 0.3 is 0 Å². The van der Waals surface area contributed by atoms with Crippen LogP contribution in [-0.2, 0) is 11.3 Å². The normalized spacial score (nSPS) is 15.7. The zero-order chi connectivity index (χ0) is 14.8. The molecule has 0 bridgehead atoms. The van der Waals surface area contributed by atoms with Crippen LogP contribution in [0.4, 0.5) is 0 Å². The maximum absolute atomic E-state index is 12.1. The van der Waals surface area contributed by atoms with Gasteiger partial charge in [0.05, 0.1) is 0 Å². The van der Waals surface area contributed by atoms with Crippen LogP contribution >= 0.6 is 12.4 Å². The number of pyridine rings is 1. The van der Waals surface area contributed by atoms with Crippen LogP contribution in [0.15, 0.2) is 35.1 Å². The van der Waals surface area contributed by atoms with E-state index in [1.54, 1.807) is 6.07 Å². The number of amides is 1. The van der Waals surface area contributed by atoms with E-state index in [-0.39, 0.29) is 29.8 Å². The smallest absolute Gasteiger partial charge is 0.248 e. The highest BCUT2D eigenvalue weighted by Gasteiger charge is 2.28. The van der Waals surface area contributed by atoms with Crippen molar-refractivity contribution in [3.63, 3.8) is 0 Å². The van der Waals surface area contributed by atoms with Crippen molar-refractivity contribution in [1.29, 1.82) is 0 Å². The maximum atomic E-state index is 12.1. The number of aromatic nitrogens is 1. The Hall–Kier alpha value is -1.85. The Morgan fingerprint density at radius 1 is 1.36 bits per heavy atom. The van der Waals surface area contributed by atoms with Crippen LogP contribution in [0, 0.1) is 11.8 Å². The van der Waals surface area contributed by atoms with E-state index in [1.807, 2.05) is 31.2 Å². The molecule has 1 saturated heterocycles. The molecule has 1 aromatic carbocycles. The van der Waals surface area contributed by atoms with Gasteiger partial charge in [-0.2, -0.15) is 0 Å². The molecule has 1 aliphatic heterocycles. The fourth-order valence-corrected chi connectivity index (χ4v) is 2.65. The maximum Gasteiger partial charge on any atom is 0.248 e. The van der Waals surface area contributed by atoms with Crippen LogP contribution in [0.2, 0.25) is 0 Å². The number of aromatic amines is 1. The van der Waals surface area contributed by atoms with Gasteiger partial charge in [-0.25, -0.2) is 0 Å². The molecule has 1 unspecified atom stereocenters. The lowest BCUT2D eigenvalue weighted by molar-refractivity contribution is -0.126. The number of H-pyrrole nitrogens is 1. The first-order valence-electron chi connectivity index (χ1n) is 7.24. The molecule has 1 atom stereocenters. The van der Waals surface area contributed by atoms with Crippen LogP contribution in [-0.4, -0.2) is 24.0 Å². The van der Waals surface area contributed by atoms with Gasteiger partial charge in [0.2, 0.25) is 11.5 Å². The predicted octanol–water partition coefficient (Wildman–Crippen LogP) is 1.42. The number of rotatable bonds is 4. The standard InChI is InChI=1S/C16H19N3O2.ClH/c1-10(12-7-17-8-12)16(21)18-9-11-6-15(20)19-14-5-3-2-4-13(11)14;/h2-6,10,12,17H,7-9H2,1H3,(H,18,21)(H,19,20);1H. The van der Waals surface area contributed by atoms with Crippen LogP contribution in [0.5, 0.6) is 0 Å². The van der Waals surface area contributed by atoms with Gasteiger partial charge in [-0.3, -0.25) is 9.59 Å². The highest BCUT2D eigenvalue weighted by Crippen LogP contribution is 2.17. The van der Waals surface area contributed by atoms with E-state index in [9.17, 15) is 9.59 Å². The van der Waals surface area contributed by atoms with Crippen molar-refractivity contribution in [3.05, 3.63) is 46.2 Å². The predicted molar refractivity (Wildman–Crippen MR) is 89.2 cm³/mol. The molecule has 3 N–H and O–H groups in total. The van der Waals surface area contributed by atoms with Crippen molar-refractivity contribution in [2.45, 2.75) is 13.5 Å². The van der Waals surface area contributed by atoms with Gasteiger partial charge in [0.15, 0.2) is 0 Å². The quantitative estimate of drug-likeness (QED) is 0.797. The fourth-order valence-electron chi connectivity index (χ4n) is 2.65. The molecular weight excluding hydrogens is 302 g/mol. The second-order valence-corrected chi connectivity index (χ2v) is 5.63. The first-order chi connectivity index (χ1) is 10.1. The first-order valence-corrected chi connectivity index (χ1v) is 7.24. The molecule has 1 aliphatic rings. The van der Waals surface area contributed by atoms with E-state index in [0.717, 1.165) is 29.6 Å².